The van der Waals surface area contributed by atoms with Crippen LogP contribution in [0, 0.1) is 13.8 Å². The average Bonchev–Trinajstić information content (AvgIpc) is 3.45. The molecule has 176 valence electrons. The summed E-state index contributed by atoms with van der Waals surface area (Å²) in [5, 5.41) is 6.07. The Hall–Kier alpha value is -4.18. The molecule has 3 unspecified atom stereocenters. The van der Waals surface area contributed by atoms with Crippen molar-refractivity contribution in [2.75, 3.05) is 0 Å². The van der Waals surface area contributed by atoms with Crippen molar-refractivity contribution in [1.82, 2.24) is 10.3 Å². The van der Waals surface area contributed by atoms with E-state index in [0.29, 0.717) is 5.71 Å². The first-order valence-electron chi connectivity index (χ1n) is 12.6. The van der Waals surface area contributed by atoms with Crippen molar-refractivity contribution < 1.29 is 8.98 Å². The second-order valence-electron chi connectivity index (χ2n) is 9.97. The predicted octanol–water partition coefficient (Wildman–Crippen LogP) is 7.08. The quantitative estimate of drug-likeness (QED) is 0.221. The molecule has 5 aromatic rings. The van der Waals surface area contributed by atoms with Crippen LogP contribution in [-0.2, 0) is 0 Å². The van der Waals surface area contributed by atoms with Crippen molar-refractivity contribution in [2.24, 2.45) is 0 Å². The molecule has 4 nitrogen and oxygen atoms in total. The number of rotatable bonds is 2. The van der Waals surface area contributed by atoms with Crippen molar-refractivity contribution in [1.29, 1.82) is 0 Å². The smallest absolute Gasteiger partial charge is 0.227 e. The van der Waals surface area contributed by atoms with Gasteiger partial charge in [-0.25, -0.2) is 4.98 Å². The molecule has 0 radical (unpaired) electrons. The zero-order valence-corrected chi connectivity index (χ0v) is 20.7. The van der Waals surface area contributed by atoms with Crippen molar-refractivity contribution in [3.05, 3.63) is 114 Å². The van der Waals surface area contributed by atoms with Crippen LogP contribution in [0.2, 0.25) is 0 Å². The molecule has 2 aromatic carbocycles. The van der Waals surface area contributed by atoms with Crippen LogP contribution >= 0.6 is 0 Å². The average molecular weight is 471 g/mol. The number of aromatic nitrogens is 2. The zero-order chi connectivity index (χ0) is 24.6. The summed E-state index contributed by atoms with van der Waals surface area (Å²) in [5.41, 5.74) is 11.2. The summed E-state index contributed by atoms with van der Waals surface area (Å²) in [6.45, 7) is 10.6. The van der Waals surface area contributed by atoms with Gasteiger partial charge in [-0.05, 0) is 62.2 Å². The van der Waals surface area contributed by atoms with Gasteiger partial charge in [-0.3, -0.25) is 0 Å². The first-order valence-corrected chi connectivity index (χ1v) is 12.6. The topological polar surface area (TPSA) is 41.9 Å². The third-order valence-electron chi connectivity index (χ3n) is 7.90. The highest BCUT2D eigenvalue weighted by Crippen LogP contribution is 2.51. The molecule has 7 rings (SSSR count). The summed E-state index contributed by atoms with van der Waals surface area (Å²) in [4.78, 5) is 4.66. The third-order valence-corrected chi connectivity index (χ3v) is 7.90. The maximum absolute atomic E-state index is 6.42. The van der Waals surface area contributed by atoms with Gasteiger partial charge in [-0.1, -0.05) is 42.5 Å². The highest BCUT2D eigenvalue weighted by molar-refractivity contribution is 6.08. The van der Waals surface area contributed by atoms with E-state index in [9.17, 15) is 0 Å². The molecule has 0 saturated carbocycles. The number of hydrogen-bond acceptors (Lipinski definition) is 3. The number of allylic oxidation sites excluding steroid dienone is 2. The van der Waals surface area contributed by atoms with Crippen molar-refractivity contribution in [3.8, 4) is 11.3 Å². The molecule has 0 amide bonds. The normalized spacial score (nSPS) is 21.3. The Morgan fingerprint density at radius 2 is 1.86 bits per heavy atom. The van der Waals surface area contributed by atoms with E-state index in [2.05, 4.69) is 108 Å². The van der Waals surface area contributed by atoms with Crippen LogP contribution in [0.4, 0.5) is 0 Å². The van der Waals surface area contributed by atoms with Gasteiger partial charge in [-0.2, -0.15) is 4.57 Å². The van der Waals surface area contributed by atoms with Crippen LogP contribution in [0.3, 0.4) is 0 Å². The number of aryl methyl sites for hydroxylation is 2. The lowest BCUT2D eigenvalue weighted by molar-refractivity contribution is -0.707. The number of hydrogen-bond donors (Lipinski definition) is 1. The Bertz CT molecular complexity index is 1740. The fourth-order valence-electron chi connectivity index (χ4n) is 6.32. The molecule has 4 heteroatoms. The number of benzene rings is 2. The summed E-state index contributed by atoms with van der Waals surface area (Å²) in [7, 11) is 0. The summed E-state index contributed by atoms with van der Waals surface area (Å²) >= 11 is 0. The van der Waals surface area contributed by atoms with Crippen LogP contribution in [0.15, 0.2) is 90.0 Å². The molecule has 36 heavy (non-hydrogen) atoms. The summed E-state index contributed by atoms with van der Waals surface area (Å²) < 4.78 is 8.80. The highest BCUT2D eigenvalue weighted by atomic mass is 16.3. The first-order chi connectivity index (χ1) is 17.6. The predicted molar refractivity (Wildman–Crippen MR) is 145 cm³/mol. The minimum atomic E-state index is 0.0721. The van der Waals surface area contributed by atoms with Gasteiger partial charge in [0.1, 0.15) is 5.58 Å². The van der Waals surface area contributed by atoms with Gasteiger partial charge in [0.25, 0.3) is 0 Å². The lowest BCUT2D eigenvalue weighted by atomic mass is 9.76. The Labute approximate surface area is 210 Å². The maximum Gasteiger partial charge on any atom is 0.227 e. The third kappa shape index (κ3) is 2.81. The van der Waals surface area contributed by atoms with Crippen molar-refractivity contribution >= 4 is 27.8 Å². The molecule has 0 spiro atoms. The molecular formula is C32H28N3O+. The lowest BCUT2D eigenvalue weighted by Crippen LogP contribution is -2.48. The van der Waals surface area contributed by atoms with Gasteiger partial charge in [0.15, 0.2) is 12.2 Å². The van der Waals surface area contributed by atoms with Gasteiger partial charge in [0, 0.05) is 39.9 Å². The second-order valence-corrected chi connectivity index (χ2v) is 9.97. The van der Waals surface area contributed by atoms with Crippen molar-refractivity contribution in [2.45, 2.75) is 38.8 Å². The minimum Gasteiger partial charge on any atom is -0.437 e. The Morgan fingerprint density at radius 1 is 1.00 bits per heavy atom. The van der Waals surface area contributed by atoms with Gasteiger partial charge >= 0.3 is 0 Å². The number of nitrogens with zero attached hydrogens (tertiary/aromatic N) is 2. The second kappa shape index (κ2) is 7.66. The largest absolute Gasteiger partial charge is 0.437 e. The van der Waals surface area contributed by atoms with Gasteiger partial charge in [0.2, 0.25) is 11.4 Å². The Morgan fingerprint density at radius 3 is 2.69 bits per heavy atom. The highest BCUT2D eigenvalue weighted by Gasteiger charge is 2.46. The van der Waals surface area contributed by atoms with Gasteiger partial charge in [-0.15, -0.1) is 0 Å². The molecule has 0 fully saturated rings. The van der Waals surface area contributed by atoms with E-state index >= 15 is 0 Å². The summed E-state index contributed by atoms with van der Waals surface area (Å²) in [5.74, 6) is 0.163. The Balaban J connectivity index is 1.49. The molecule has 0 saturated heterocycles. The monoisotopic (exact) mass is 470 g/mol. The van der Waals surface area contributed by atoms with Crippen LogP contribution in [-0.4, -0.2) is 4.98 Å². The summed E-state index contributed by atoms with van der Waals surface area (Å²) in [6, 6.07) is 22.1. The molecular weight excluding hydrogens is 442 g/mol. The van der Waals surface area contributed by atoms with Crippen molar-refractivity contribution in [3.63, 3.8) is 0 Å². The zero-order valence-electron chi connectivity index (χ0n) is 20.7. The van der Waals surface area contributed by atoms with Crippen LogP contribution in [0.1, 0.15) is 52.9 Å². The molecule has 0 aliphatic carbocycles. The fourth-order valence-corrected chi connectivity index (χ4v) is 6.32. The molecule has 1 N–H and O–H groups in total. The van der Waals surface area contributed by atoms with Gasteiger partial charge < -0.3 is 9.73 Å². The maximum atomic E-state index is 6.42. The van der Waals surface area contributed by atoms with Crippen LogP contribution in [0.5, 0.6) is 0 Å². The van der Waals surface area contributed by atoms with E-state index in [4.69, 9.17) is 4.42 Å². The Kier molecular flexibility index (Phi) is 4.50. The van der Waals surface area contributed by atoms with E-state index in [1.54, 1.807) is 0 Å². The van der Waals surface area contributed by atoms with E-state index in [0.717, 1.165) is 33.3 Å². The lowest BCUT2D eigenvalue weighted by Gasteiger charge is -2.33. The van der Waals surface area contributed by atoms with E-state index in [-0.39, 0.29) is 18.0 Å². The minimum absolute atomic E-state index is 0.0721. The molecule has 2 aliphatic heterocycles. The van der Waals surface area contributed by atoms with E-state index in [1.165, 1.54) is 27.9 Å². The molecule has 2 aliphatic rings. The van der Waals surface area contributed by atoms with E-state index in [1.807, 2.05) is 13.0 Å². The van der Waals surface area contributed by atoms with Crippen LogP contribution < -0.4 is 9.88 Å². The van der Waals surface area contributed by atoms with E-state index < -0.39 is 0 Å². The number of fused-ring (bicyclic) bond motifs is 8. The first kappa shape index (κ1) is 21.1. The standard InChI is InChI=1S/C32H28N3O/c1-5-25-28-23(15-14-21-22-13-11-19(4)33-32(22)36-31(21)28)30(34-25)29-24-17-18(3)10-12-20(24)27-9-7-8-16-35(27)26(29)6-2/h5-17,26,29-30,34H,2H2,1,3-4H3/q+1/b25-5-. The van der Waals surface area contributed by atoms with Crippen LogP contribution in [0.25, 0.3) is 39.0 Å². The number of furan rings is 1. The van der Waals surface area contributed by atoms with Gasteiger partial charge in [0.05, 0.1) is 17.5 Å². The summed E-state index contributed by atoms with van der Waals surface area (Å²) in [6.07, 6.45) is 6.44. The number of nitrogens with one attached hydrogen (secondary N) is 1. The molecule has 3 atom stereocenters. The number of pyridine rings is 2. The molecule has 0 bridgehead atoms. The molecule has 3 aromatic heterocycles. The SMILES string of the molecule is C=CC1C(C2N/C(=C\C)c3c2ccc2c3oc3nc(C)ccc32)c2cc(C)ccc2-c2cccc[n+]21. The molecule has 5 heterocycles. The fraction of sp³-hybridized carbons (Fsp3) is 0.188.